The lowest BCUT2D eigenvalue weighted by Gasteiger charge is -1.94. The van der Waals surface area contributed by atoms with Gasteiger partial charge in [0.25, 0.3) is 0 Å². The topological polar surface area (TPSA) is 43.1 Å². The second-order valence-corrected chi connectivity index (χ2v) is 2.94. The Balaban J connectivity index is 2.57. The minimum Gasteiger partial charge on any atom is -0.355 e. The lowest BCUT2D eigenvalue weighted by atomic mass is 10.1. The number of carbonyl (C=O) groups excluding carboxylic acids is 1. The van der Waals surface area contributed by atoms with E-state index in [0.717, 1.165) is 5.56 Å². The molecule has 0 atom stereocenters. The molecule has 0 bridgehead atoms. The van der Waals surface area contributed by atoms with E-state index in [-0.39, 0.29) is 0 Å². The van der Waals surface area contributed by atoms with Crippen molar-refractivity contribution in [3.63, 3.8) is 0 Å². The van der Waals surface area contributed by atoms with E-state index in [2.05, 4.69) is 5.16 Å². The third-order valence-electron chi connectivity index (χ3n) is 2.00. The minimum atomic E-state index is 0.399. The van der Waals surface area contributed by atoms with E-state index in [0.29, 0.717) is 17.0 Å². The highest BCUT2D eigenvalue weighted by Crippen LogP contribution is 2.23. The Morgan fingerprint density at radius 3 is 2.64 bits per heavy atom. The van der Waals surface area contributed by atoms with Crippen molar-refractivity contribution in [2.24, 2.45) is 0 Å². The van der Waals surface area contributed by atoms with Gasteiger partial charge in [-0.3, -0.25) is 4.79 Å². The summed E-state index contributed by atoms with van der Waals surface area (Å²) >= 11 is 0. The summed E-state index contributed by atoms with van der Waals surface area (Å²) in [6.07, 6.45) is 1.84. The Hall–Kier alpha value is -1.90. The average Bonchev–Trinajstić information content (AvgIpc) is 2.61. The molecule has 0 N–H and O–H groups in total. The fourth-order valence-electron chi connectivity index (χ4n) is 1.28. The molecule has 0 aliphatic carbocycles. The summed E-state index contributed by atoms with van der Waals surface area (Å²) in [6.45, 7) is 1.72. The van der Waals surface area contributed by atoms with E-state index >= 15 is 0 Å². The van der Waals surface area contributed by atoms with E-state index in [1.165, 1.54) is 0 Å². The Labute approximate surface area is 81.3 Å². The maximum Gasteiger partial charge on any atom is 0.239 e. The highest BCUT2D eigenvalue weighted by molar-refractivity contribution is 5.86. The predicted octanol–water partition coefficient (Wildman–Crippen LogP) is 2.11. The number of hydrogen-bond donors (Lipinski definition) is 0. The fourth-order valence-corrected chi connectivity index (χ4v) is 1.28. The van der Waals surface area contributed by atoms with Crippen LogP contribution in [0.15, 0.2) is 34.9 Å². The van der Waals surface area contributed by atoms with Crippen molar-refractivity contribution < 1.29 is 9.32 Å². The molecule has 0 amide bonds. The van der Waals surface area contributed by atoms with Crippen molar-refractivity contribution in [1.82, 2.24) is 5.16 Å². The molecule has 0 saturated carbocycles. The quantitative estimate of drug-likeness (QED) is 0.721. The SMILES string of the molecule is Cc1noc(-c2ccccc2)c1[C]=O. The van der Waals surface area contributed by atoms with Gasteiger partial charge >= 0.3 is 0 Å². The summed E-state index contributed by atoms with van der Waals surface area (Å²) in [4.78, 5) is 10.7. The Morgan fingerprint density at radius 2 is 2.00 bits per heavy atom. The molecule has 14 heavy (non-hydrogen) atoms. The molecule has 1 aromatic carbocycles. The number of hydrogen-bond acceptors (Lipinski definition) is 3. The maximum absolute atomic E-state index is 10.7. The normalized spacial score (nSPS) is 10.1. The monoisotopic (exact) mass is 186 g/mol. The Bertz CT molecular complexity index is 446. The number of aromatic nitrogens is 1. The van der Waals surface area contributed by atoms with Crippen LogP contribution in [0.4, 0.5) is 0 Å². The van der Waals surface area contributed by atoms with Crippen LogP contribution >= 0.6 is 0 Å². The minimum absolute atomic E-state index is 0.399. The van der Waals surface area contributed by atoms with E-state index in [9.17, 15) is 4.79 Å². The number of benzene rings is 1. The third kappa shape index (κ3) is 1.33. The van der Waals surface area contributed by atoms with Gasteiger partial charge in [0.05, 0.1) is 11.3 Å². The summed E-state index contributed by atoms with van der Waals surface area (Å²) in [5.74, 6) is 0.484. The smallest absolute Gasteiger partial charge is 0.239 e. The van der Waals surface area contributed by atoms with Gasteiger partial charge in [0.2, 0.25) is 6.29 Å². The zero-order chi connectivity index (χ0) is 9.97. The lowest BCUT2D eigenvalue weighted by Crippen LogP contribution is -1.84. The molecule has 0 fully saturated rings. The maximum atomic E-state index is 10.7. The molecule has 0 unspecified atom stereocenters. The van der Waals surface area contributed by atoms with Crippen molar-refractivity contribution in [2.75, 3.05) is 0 Å². The second kappa shape index (κ2) is 3.46. The van der Waals surface area contributed by atoms with Crippen molar-refractivity contribution in [1.29, 1.82) is 0 Å². The largest absolute Gasteiger partial charge is 0.355 e. The van der Waals surface area contributed by atoms with Crippen LogP contribution in [0, 0.1) is 6.92 Å². The van der Waals surface area contributed by atoms with Gasteiger partial charge in [-0.15, -0.1) is 0 Å². The lowest BCUT2D eigenvalue weighted by molar-refractivity contribution is 0.427. The molecule has 3 nitrogen and oxygen atoms in total. The van der Waals surface area contributed by atoms with E-state index in [4.69, 9.17) is 4.52 Å². The van der Waals surface area contributed by atoms with Crippen molar-refractivity contribution >= 4 is 6.29 Å². The molecule has 2 aromatic rings. The van der Waals surface area contributed by atoms with Gasteiger partial charge in [0.1, 0.15) is 0 Å². The standard InChI is InChI=1S/C11H8NO2/c1-8-10(7-13)11(14-12-8)9-5-3-2-4-6-9/h2-6H,1H3. The van der Waals surface area contributed by atoms with Crippen LogP contribution in [0.2, 0.25) is 0 Å². The first-order valence-electron chi connectivity index (χ1n) is 4.23. The molecule has 0 aliphatic rings. The molecule has 1 heterocycles. The van der Waals surface area contributed by atoms with Crippen LogP contribution in [0.1, 0.15) is 11.3 Å². The predicted molar refractivity (Wildman–Crippen MR) is 51.5 cm³/mol. The van der Waals surface area contributed by atoms with Gasteiger partial charge in [-0.1, -0.05) is 35.5 Å². The molecule has 0 spiro atoms. The van der Waals surface area contributed by atoms with Crippen LogP contribution in [0.5, 0.6) is 0 Å². The second-order valence-electron chi connectivity index (χ2n) is 2.94. The Morgan fingerprint density at radius 1 is 1.29 bits per heavy atom. The highest BCUT2D eigenvalue weighted by Gasteiger charge is 2.13. The third-order valence-corrected chi connectivity index (χ3v) is 2.00. The zero-order valence-corrected chi connectivity index (χ0v) is 7.65. The molecule has 3 heteroatoms. The molecule has 69 valence electrons. The van der Waals surface area contributed by atoms with Crippen molar-refractivity contribution in [2.45, 2.75) is 6.92 Å². The van der Waals surface area contributed by atoms with E-state index in [1.54, 1.807) is 6.92 Å². The molecule has 2 rings (SSSR count). The summed E-state index contributed by atoms with van der Waals surface area (Å²) < 4.78 is 5.06. The Kier molecular flexibility index (Phi) is 2.14. The first-order chi connectivity index (χ1) is 6.83. The fraction of sp³-hybridized carbons (Fsp3) is 0.0909. The van der Waals surface area contributed by atoms with Crippen LogP contribution < -0.4 is 0 Å². The van der Waals surface area contributed by atoms with Crippen molar-refractivity contribution in [3.8, 4) is 11.3 Å². The summed E-state index contributed by atoms with van der Waals surface area (Å²) in [7, 11) is 0. The first kappa shape index (κ1) is 8.69. The first-order valence-corrected chi connectivity index (χ1v) is 4.23. The number of aryl methyl sites for hydroxylation is 1. The van der Waals surface area contributed by atoms with Gasteiger partial charge in [-0.25, -0.2) is 0 Å². The van der Waals surface area contributed by atoms with Gasteiger partial charge < -0.3 is 4.52 Å². The van der Waals surface area contributed by atoms with Crippen molar-refractivity contribution in [3.05, 3.63) is 41.6 Å². The van der Waals surface area contributed by atoms with Crippen LogP contribution in [-0.2, 0) is 4.79 Å². The molecular formula is C11H8NO2. The van der Waals surface area contributed by atoms with E-state index < -0.39 is 0 Å². The number of nitrogens with zero attached hydrogens (tertiary/aromatic N) is 1. The van der Waals surface area contributed by atoms with Gasteiger partial charge in [-0.05, 0) is 6.92 Å². The van der Waals surface area contributed by atoms with Gasteiger partial charge in [0, 0.05) is 5.56 Å². The molecule has 0 aliphatic heterocycles. The zero-order valence-electron chi connectivity index (χ0n) is 7.65. The van der Waals surface area contributed by atoms with Crippen LogP contribution in [0.25, 0.3) is 11.3 Å². The molecular weight excluding hydrogens is 178 g/mol. The van der Waals surface area contributed by atoms with Gasteiger partial charge in [-0.2, -0.15) is 0 Å². The summed E-state index contributed by atoms with van der Waals surface area (Å²) in [5.41, 5.74) is 1.81. The highest BCUT2D eigenvalue weighted by atomic mass is 16.5. The van der Waals surface area contributed by atoms with Crippen LogP contribution in [-0.4, -0.2) is 11.4 Å². The summed E-state index contributed by atoms with van der Waals surface area (Å²) in [6, 6.07) is 9.38. The number of rotatable bonds is 2. The van der Waals surface area contributed by atoms with Gasteiger partial charge in [0.15, 0.2) is 5.76 Å². The average molecular weight is 186 g/mol. The van der Waals surface area contributed by atoms with E-state index in [1.807, 2.05) is 36.6 Å². The molecule has 1 radical (unpaired) electrons. The molecule has 0 saturated heterocycles. The summed E-state index contributed by atoms with van der Waals surface area (Å²) in [5, 5.41) is 3.73. The molecule has 1 aromatic heterocycles. The van der Waals surface area contributed by atoms with Crippen LogP contribution in [0.3, 0.4) is 0 Å².